The molecule has 1 amide bonds. The Bertz CT molecular complexity index is 934. The normalized spacial score (nSPS) is 11.0. The van der Waals surface area contributed by atoms with Crippen LogP contribution in [0.5, 0.6) is 5.75 Å². The molecule has 0 bridgehead atoms. The summed E-state index contributed by atoms with van der Waals surface area (Å²) in [5, 5.41) is 22.1. The molecule has 0 atom stereocenters. The first-order chi connectivity index (χ1) is 13.2. The second kappa shape index (κ2) is 9.47. The molecule has 0 saturated heterocycles. The van der Waals surface area contributed by atoms with Crippen molar-refractivity contribution in [1.82, 2.24) is 5.32 Å². The van der Waals surface area contributed by atoms with Gasteiger partial charge in [-0.25, -0.2) is 4.79 Å². The van der Waals surface area contributed by atoms with E-state index in [0.29, 0.717) is 20.3 Å². The van der Waals surface area contributed by atoms with Crippen LogP contribution in [0.15, 0.2) is 51.0 Å². The maximum Gasteiger partial charge on any atom is 0.352 e. The van der Waals surface area contributed by atoms with E-state index >= 15 is 0 Å². The summed E-state index contributed by atoms with van der Waals surface area (Å²) in [7, 11) is 0. The van der Waals surface area contributed by atoms with Gasteiger partial charge in [0.15, 0.2) is 0 Å². The van der Waals surface area contributed by atoms with Crippen molar-refractivity contribution in [3.05, 3.63) is 72.3 Å². The number of aliphatic carboxylic acids is 1. The molecule has 0 aliphatic heterocycles. The van der Waals surface area contributed by atoms with Gasteiger partial charge in [0, 0.05) is 19.1 Å². The third kappa shape index (κ3) is 5.89. The molecule has 0 aliphatic carbocycles. The minimum absolute atomic E-state index is 0.00402. The van der Waals surface area contributed by atoms with Crippen LogP contribution in [0.1, 0.15) is 18.1 Å². The molecule has 0 unspecified atom stereocenters. The second-order valence-electron chi connectivity index (χ2n) is 5.57. The maximum atomic E-state index is 11.2. The molecule has 0 saturated carbocycles. The van der Waals surface area contributed by atoms with Crippen LogP contribution in [0.3, 0.4) is 0 Å². The highest BCUT2D eigenvalue weighted by molar-refractivity contribution is 9.11. The van der Waals surface area contributed by atoms with Crippen molar-refractivity contribution in [2.45, 2.75) is 13.5 Å². The van der Waals surface area contributed by atoms with E-state index in [1.807, 2.05) is 0 Å². The molecule has 146 valence electrons. The molecule has 28 heavy (non-hydrogen) atoms. The number of nitrogens with one attached hydrogen (secondary N) is 1. The fourth-order valence-corrected chi connectivity index (χ4v) is 3.63. The van der Waals surface area contributed by atoms with E-state index < -0.39 is 16.8 Å². The number of benzene rings is 2. The number of amides is 1. The Morgan fingerprint density at radius 3 is 2.25 bits per heavy atom. The first-order valence-electron chi connectivity index (χ1n) is 7.75. The summed E-state index contributed by atoms with van der Waals surface area (Å²) in [4.78, 5) is 32.6. The van der Waals surface area contributed by atoms with Crippen molar-refractivity contribution < 1.29 is 24.4 Å². The smallest absolute Gasteiger partial charge is 0.352 e. The predicted molar refractivity (Wildman–Crippen MR) is 109 cm³/mol. The molecule has 0 fully saturated rings. The number of nitro groups is 1. The summed E-state index contributed by atoms with van der Waals surface area (Å²) in [5.41, 5.74) is 1.00. The zero-order chi connectivity index (χ0) is 20.8. The van der Waals surface area contributed by atoms with Gasteiger partial charge in [0.05, 0.1) is 13.9 Å². The number of non-ortho nitro benzene ring substituents is 1. The monoisotopic (exact) mass is 512 g/mol. The van der Waals surface area contributed by atoms with Gasteiger partial charge in [0.1, 0.15) is 18.1 Å². The average molecular weight is 514 g/mol. The molecule has 0 spiro atoms. The van der Waals surface area contributed by atoms with Gasteiger partial charge in [-0.2, -0.15) is 0 Å². The number of carboxylic acids is 1. The van der Waals surface area contributed by atoms with Crippen molar-refractivity contribution >= 4 is 55.5 Å². The lowest BCUT2D eigenvalue weighted by atomic mass is 10.1. The van der Waals surface area contributed by atoms with E-state index in [9.17, 15) is 19.7 Å². The molecule has 2 aromatic rings. The Hall–Kier alpha value is -2.72. The number of nitrogens with zero attached hydrogens (tertiary/aromatic N) is 1. The van der Waals surface area contributed by atoms with Crippen molar-refractivity contribution in [2.24, 2.45) is 0 Å². The van der Waals surface area contributed by atoms with Gasteiger partial charge in [-0.15, -0.1) is 0 Å². The number of rotatable bonds is 7. The number of hydrogen-bond donors (Lipinski definition) is 2. The minimum Gasteiger partial charge on any atom is -0.487 e. The number of nitro benzene ring substituents is 1. The highest BCUT2D eigenvalue weighted by atomic mass is 79.9. The third-order valence-electron chi connectivity index (χ3n) is 3.40. The molecule has 0 aromatic heterocycles. The minimum atomic E-state index is -1.26. The average Bonchev–Trinajstić information content (AvgIpc) is 2.60. The van der Waals surface area contributed by atoms with Gasteiger partial charge in [-0.1, -0.05) is 0 Å². The SMILES string of the molecule is CC(=O)NC(=Cc1cc(Br)c(OCc2ccc([N+](=O)[O-])cc2)c(Br)c1)C(=O)O. The van der Waals surface area contributed by atoms with Crippen molar-refractivity contribution in [2.75, 3.05) is 0 Å². The lowest BCUT2D eigenvalue weighted by Gasteiger charge is -2.12. The van der Waals surface area contributed by atoms with Crippen LogP contribution in [-0.2, 0) is 16.2 Å². The second-order valence-corrected chi connectivity index (χ2v) is 7.28. The number of carbonyl (C=O) groups excluding carboxylic acids is 1. The summed E-state index contributed by atoms with van der Waals surface area (Å²) >= 11 is 6.74. The number of hydrogen-bond acceptors (Lipinski definition) is 5. The quantitative estimate of drug-likeness (QED) is 0.324. The summed E-state index contributed by atoms with van der Waals surface area (Å²) in [5.74, 6) is -1.28. The molecular weight excluding hydrogens is 500 g/mol. The molecule has 10 heteroatoms. The Labute approximate surface area is 176 Å². The van der Waals surface area contributed by atoms with Crippen LogP contribution in [0.25, 0.3) is 6.08 Å². The van der Waals surface area contributed by atoms with Crippen molar-refractivity contribution in [3.8, 4) is 5.75 Å². The molecular formula is C18H14Br2N2O6. The van der Waals surface area contributed by atoms with Crippen LogP contribution in [0.4, 0.5) is 5.69 Å². The fraction of sp³-hybridized carbons (Fsp3) is 0.111. The molecule has 2 aromatic carbocycles. The summed E-state index contributed by atoms with van der Waals surface area (Å²) in [6.45, 7) is 1.40. The fourth-order valence-electron chi connectivity index (χ4n) is 2.18. The molecule has 2 rings (SSSR count). The lowest BCUT2D eigenvalue weighted by molar-refractivity contribution is -0.384. The van der Waals surface area contributed by atoms with E-state index in [1.54, 1.807) is 24.3 Å². The highest BCUT2D eigenvalue weighted by Crippen LogP contribution is 2.36. The maximum absolute atomic E-state index is 11.2. The van der Waals surface area contributed by atoms with Crippen LogP contribution in [0.2, 0.25) is 0 Å². The van der Waals surface area contributed by atoms with E-state index in [4.69, 9.17) is 9.84 Å². The van der Waals surface area contributed by atoms with Gasteiger partial charge in [0.2, 0.25) is 5.91 Å². The summed E-state index contributed by atoms with van der Waals surface area (Å²) in [6.07, 6.45) is 1.32. The van der Waals surface area contributed by atoms with Gasteiger partial charge in [-0.3, -0.25) is 14.9 Å². The van der Waals surface area contributed by atoms with E-state index in [0.717, 1.165) is 5.56 Å². The predicted octanol–water partition coefficient (Wildman–Crippen LogP) is 4.26. The molecule has 0 heterocycles. The topological polar surface area (TPSA) is 119 Å². The van der Waals surface area contributed by atoms with E-state index in [-0.39, 0.29) is 18.0 Å². The highest BCUT2D eigenvalue weighted by Gasteiger charge is 2.13. The first kappa shape index (κ1) is 21.6. The van der Waals surface area contributed by atoms with Gasteiger partial charge < -0.3 is 15.2 Å². The van der Waals surface area contributed by atoms with Gasteiger partial charge >= 0.3 is 5.97 Å². The Morgan fingerprint density at radius 2 is 1.79 bits per heavy atom. The third-order valence-corrected chi connectivity index (χ3v) is 4.58. The largest absolute Gasteiger partial charge is 0.487 e. The zero-order valence-electron chi connectivity index (χ0n) is 14.4. The molecule has 2 N–H and O–H groups in total. The zero-order valence-corrected chi connectivity index (χ0v) is 17.6. The Kier molecular flexibility index (Phi) is 7.30. The molecule has 8 nitrogen and oxygen atoms in total. The van der Waals surface area contributed by atoms with Crippen LogP contribution >= 0.6 is 31.9 Å². The Morgan fingerprint density at radius 1 is 1.21 bits per heavy atom. The van der Waals surface area contributed by atoms with Crippen LogP contribution < -0.4 is 10.1 Å². The van der Waals surface area contributed by atoms with Crippen LogP contribution in [0, 0.1) is 10.1 Å². The number of carbonyl (C=O) groups is 2. The van der Waals surface area contributed by atoms with Gasteiger partial charge in [-0.05, 0) is 73.3 Å². The number of carboxylic acid groups (broad SMARTS) is 1. The van der Waals surface area contributed by atoms with E-state index in [1.165, 1.54) is 25.1 Å². The Balaban J connectivity index is 2.20. The summed E-state index contributed by atoms with van der Waals surface area (Å²) < 4.78 is 6.87. The molecule has 0 radical (unpaired) electrons. The molecule has 0 aliphatic rings. The van der Waals surface area contributed by atoms with Crippen molar-refractivity contribution in [3.63, 3.8) is 0 Å². The summed E-state index contributed by atoms with van der Waals surface area (Å²) in [6, 6.07) is 9.27. The van der Waals surface area contributed by atoms with Crippen molar-refractivity contribution in [1.29, 1.82) is 0 Å². The standard InChI is InChI=1S/C18H14Br2N2O6/c1-10(23)21-16(18(24)25)8-12-6-14(19)17(15(20)7-12)28-9-11-2-4-13(5-3-11)22(26)27/h2-8H,9H2,1H3,(H,21,23)(H,24,25). The van der Waals surface area contributed by atoms with Gasteiger partial charge in [0.25, 0.3) is 5.69 Å². The number of ether oxygens (including phenoxy) is 1. The lowest BCUT2D eigenvalue weighted by Crippen LogP contribution is -2.24. The van der Waals surface area contributed by atoms with E-state index in [2.05, 4.69) is 37.2 Å². The van der Waals surface area contributed by atoms with Crippen LogP contribution in [-0.4, -0.2) is 21.9 Å². The first-order valence-corrected chi connectivity index (χ1v) is 9.33. The number of halogens is 2.